The Morgan fingerprint density at radius 3 is 2.79 bits per heavy atom. The van der Waals surface area contributed by atoms with Crippen LogP contribution in [0.3, 0.4) is 0 Å². The Labute approximate surface area is 117 Å². The second-order valence-electron chi connectivity index (χ2n) is 4.57. The molecule has 5 heteroatoms. The summed E-state index contributed by atoms with van der Waals surface area (Å²) in [4.78, 5) is 5.26. The van der Waals surface area contributed by atoms with E-state index in [2.05, 4.69) is 34.5 Å². The number of aliphatic hydroxyl groups is 1. The number of nitrogens with zero attached hydrogens (tertiary/aromatic N) is 3. The largest absolute Gasteiger partial charge is 0.387 e. The Bertz CT molecular complexity index is 510. The Balaban J connectivity index is 2.06. The molecule has 4 nitrogen and oxygen atoms in total. The third-order valence-electron chi connectivity index (χ3n) is 3.07. The van der Waals surface area contributed by atoms with Gasteiger partial charge >= 0.3 is 0 Å². The molecule has 0 spiro atoms. The number of hydrogen-bond donors (Lipinski definition) is 1. The van der Waals surface area contributed by atoms with Crippen LogP contribution in [-0.2, 0) is 19.3 Å². The Kier molecular flexibility index (Phi) is 4.99. The highest BCUT2D eigenvalue weighted by atomic mass is 32.1. The molecule has 0 aromatic carbocycles. The van der Waals surface area contributed by atoms with Gasteiger partial charge in [0, 0.05) is 18.3 Å². The summed E-state index contributed by atoms with van der Waals surface area (Å²) in [5.74, 6) is 0. The molecule has 0 aliphatic rings. The maximum absolute atomic E-state index is 10.3. The van der Waals surface area contributed by atoms with Crippen molar-refractivity contribution in [3.63, 3.8) is 0 Å². The van der Waals surface area contributed by atoms with E-state index in [0.29, 0.717) is 6.42 Å². The van der Waals surface area contributed by atoms with E-state index in [-0.39, 0.29) is 0 Å². The Morgan fingerprint density at radius 2 is 2.16 bits per heavy atom. The number of aromatic nitrogens is 3. The van der Waals surface area contributed by atoms with Crippen LogP contribution in [0.5, 0.6) is 0 Å². The maximum atomic E-state index is 10.3. The highest BCUT2D eigenvalue weighted by Crippen LogP contribution is 2.24. The molecule has 102 valence electrons. The van der Waals surface area contributed by atoms with Crippen LogP contribution < -0.4 is 0 Å². The highest BCUT2D eigenvalue weighted by Gasteiger charge is 2.17. The van der Waals surface area contributed by atoms with E-state index in [1.807, 2.05) is 12.3 Å². The molecule has 1 atom stereocenters. The van der Waals surface area contributed by atoms with E-state index in [0.717, 1.165) is 35.5 Å². The lowest BCUT2D eigenvalue weighted by atomic mass is 10.1. The number of rotatable bonds is 6. The van der Waals surface area contributed by atoms with Crippen LogP contribution >= 0.6 is 11.5 Å². The zero-order chi connectivity index (χ0) is 13.7. The second-order valence-corrected chi connectivity index (χ2v) is 5.35. The molecule has 2 aromatic rings. The van der Waals surface area contributed by atoms with Gasteiger partial charge in [-0.3, -0.25) is 4.98 Å². The molecule has 0 saturated carbocycles. The van der Waals surface area contributed by atoms with Crippen molar-refractivity contribution in [3.8, 4) is 0 Å². The minimum Gasteiger partial charge on any atom is -0.387 e. The van der Waals surface area contributed by atoms with Crippen LogP contribution in [0, 0.1) is 0 Å². The zero-order valence-corrected chi connectivity index (χ0v) is 12.2. The molecule has 1 N–H and O–H groups in total. The summed E-state index contributed by atoms with van der Waals surface area (Å²) in [6, 6.07) is 4.04. The fraction of sp³-hybridized carbons (Fsp3) is 0.500. The molecule has 2 heterocycles. The van der Waals surface area contributed by atoms with Crippen LogP contribution in [0.25, 0.3) is 0 Å². The van der Waals surface area contributed by atoms with E-state index in [1.165, 1.54) is 17.1 Å². The summed E-state index contributed by atoms with van der Waals surface area (Å²) in [5.41, 5.74) is 3.04. The lowest BCUT2D eigenvalue weighted by Crippen LogP contribution is -2.04. The van der Waals surface area contributed by atoms with E-state index < -0.39 is 6.10 Å². The molecular formula is C14H19N3OS. The van der Waals surface area contributed by atoms with Gasteiger partial charge in [0.05, 0.1) is 16.7 Å². The SMILES string of the molecule is CCCc1nnsc1C(O)Cc1ccc(CC)cn1. The molecule has 0 radical (unpaired) electrons. The monoisotopic (exact) mass is 277 g/mol. The van der Waals surface area contributed by atoms with Crippen molar-refractivity contribution in [3.05, 3.63) is 40.2 Å². The first-order chi connectivity index (χ1) is 9.24. The predicted octanol–water partition coefficient (Wildman–Crippen LogP) is 2.72. The fourth-order valence-corrected chi connectivity index (χ4v) is 2.64. The Morgan fingerprint density at radius 1 is 1.32 bits per heavy atom. The van der Waals surface area contributed by atoms with Gasteiger partial charge in [-0.15, -0.1) is 5.10 Å². The Hall–Kier alpha value is -1.33. The summed E-state index contributed by atoms with van der Waals surface area (Å²) in [5, 5.41) is 14.4. The molecular weight excluding hydrogens is 258 g/mol. The van der Waals surface area contributed by atoms with Crippen molar-refractivity contribution in [2.75, 3.05) is 0 Å². The maximum Gasteiger partial charge on any atom is 0.0972 e. The predicted molar refractivity (Wildman–Crippen MR) is 76.2 cm³/mol. The number of aryl methyl sites for hydroxylation is 2. The van der Waals surface area contributed by atoms with Gasteiger partial charge < -0.3 is 5.11 Å². The summed E-state index contributed by atoms with van der Waals surface area (Å²) in [6.45, 7) is 4.20. The molecule has 1 unspecified atom stereocenters. The van der Waals surface area contributed by atoms with Crippen molar-refractivity contribution in [2.45, 2.75) is 45.6 Å². The lowest BCUT2D eigenvalue weighted by molar-refractivity contribution is 0.179. The second kappa shape index (κ2) is 6.73. The van der Waals surface area contributed by atoms with Crippen molar-refractivity contribution >= 4 is 11.5 Å². The van der Waals surface area contributed by atoms with Gasteiger partial charge in [-0.1, -0.05) is 30.8 Å². The molecule has 19 heavy (non-hydrogen) atoms. The molecule has 2 rings (SSSR count). The van der Waals surface area contributed by atoms with E-state index in [9.17, 15) is 5.11 Å². The van der Waals surface area contributed by atoms with E-state index in [1.54, 1.807) is 0 Å². The summed E-state index contributed by atoms with van der Waals surface area (Å²) >= 11 is 1.29. The molecule has 0 aliphatic heterocycles. The minimum atomic E-state index is -0.554. The van der Waals surface area contributed by atoms with Crippen LogP contribution in [0.2, 0.25) is 0 Å². The van der Waals surface area contributed by atoms with E-state index in [4.69, 9.17) is 0 Å². The van der Waals surface area contributed by atoms with E-state index >= 15 is 0 Å². The van der Waals surface area contributed by atoms with Crippen LogP contribution in [0.1, 0.15) is 48.2 Å². The zero-order valence-electron chi connectivity index (χ0n) is 11.3. The van der Waals surface area contributed by atoms with Crippen molar-refractivity contribution in [1.82, 2.24) is 14.6 Å². The van der Waals surface area contributed by atoms with Crippen molar-refractivity contribution in [2.24, 2.45) is 0 Å². The summed E-state index contributed by atoms with van der Waals surface area (Å²) < 4.78 is 3.94. The number of aliphatic hydroxyl groups excluding tert-OH is 1. The van der Waals surface area contributed by atoms with Gasteiger partial charge in [-0.2, -0.15) is 0 Å². The first kappa shape index (κ1) is 14.1. The highest BCUT2D eigenvalue weighted by molar-refractivity contribution is 7.05. The fourth-order valence-electron chi connectivity index (χ4n) is 1.95. The quantitative estimate of drug-likeness (QED) is 0.882. The lowest BCUT2D eigenvalue weighted by Gasteiger charge is -2.09. The summed E-state index contributed by atoms with van der Waals surface area (Å²) in [6.07, 6.45) is 4.70. The van der Waals surface area contributed by atoms with Gasteiger partial charge in [0.25, 0.3) is 0 Å². The van der Waals surface area contributed by atoms with Gasteiger partial charge in [-0.05, 0) is 36.0 Å². The summed E-state index contributed by atoms with van der Waals surface area (Å²) in [7, 11) is 0. The third-order valence-corrected chi connectivity index (χ3v) is 3.94. The minimum absolute atomic E-state index is 0.518. The van der Waals surface area contributed by atoms with Crippen molar-refractivity contribution < 1.29 is 5.11 Å². The normalized spacial score (nSPS) is 12.6. The van der Waals surface area contributed by atoms with Crippen LogP contribution in [0.4, 0.5) is 0 Å². The van der Waals surface area contributed by atoms with Gasteiger partial charge in [0.2, 0.25) is 0 Å². The smallest absolute Gasteiger partial charge is 0.0972 e. The van der Waals surface area contributed by atoms with Crippen molar-refractivity contribution in [1.29, 1.82) is 0 Å². The number of hydrogen-bond acceptors (Lipinski definition) is 5. The van der Waals surface area contributed by atoms with Gasteiger partial charge in [0.1, 0.15) is 0 Å². The van der Waals surface area contributed by atoms with Crippen LogP contribution in [0.15, 0.2) is 18.3 Å². The molecule has 0 amide bonds. The molecule has 0 aliphatic carbocycles. The number of pyridine rings is 1. The molecule has 0 fully saturated rings. The first-order valence-electron chi connectivity index (χ1n) is 6.67. The molecule has 0 saturated heterocycles. The third kappa shape index (κ3) is 3.58. The first-order valence-corrected chi connectivity index (χ1v) is 7.44. The average molecular weight is 277 g/mol. The average Bonchev–Trinajstić information content (AvgIpc) is 2.88. The standard InChI is InChI=1S/C14H19N3OS/c1-3-5-12-14(19-17-16-12)13(18)8-11-7-6-10(4-2)9-15-11/h6-7,9,13,18H,3-5,8H2,1-2H3. The molecule has 2 aromatic heterocycles. The topological polar surface area (TPSA) is 58.9 Å². The van der Waals surface area contributed by atoms with Gasteiger partial charge in [-0.25, -0.2) is 0 Å². The molecule has 0 bridgehead atoms. The van der Waals surface area contributed by atoms with Crippen LogP contribution in [-0.4, -0.2) is 19.7 Å². The van der Waals surface area contributed by atoms with Gasteiger partial charge in [0.15, 0.2) is 0 Å².